The summed E-state index contributed by atoms with van der Waals surface area (Å²) in [7, 11) is 0. The molecule has 0 atom stereocenters. The third-order valence-corrected chi connectivity index (χ3v) is 2.69. The number of pyridine rings is 1. The van der Waals surface area contributed by atoms with E-state index in [0.29, 0.717) is 5.56 Å². The van der Waals surface area contributed by atoms with Crippen molar-refractivity contribution in [1.29, 1.82) is 0 Å². The minimum atomic E-state index is -0.306. The Hall–Kier alpha value is -1.29. The second kappa shape index (κ2) is 5.37. The van der Waals surface area contributed by atoms with Gasteiger partial charge in [0.05, 0.1) is 0 Å². The first-order chi connectivity index (χ1) is 8.48. The highest BCUT2D eigenvalue weighted by atomic mass is 35.5. The average Bonchev–Trinajstić information content (AvgIpc) is 2.10. The molecule has 0 aliphatic carbocycles. The minimum Gasteiger partial charge on any atom is -0.384 e. The summed E-state index contributed by atoms with van der Waals surface area (Å²) in [5.74, 6) is 0.0523. The number of carbonyl (C=O) groups excluding carboxylic acids is 1. The van der Waals surface area contributed by atoms with Crippen LogP contribution in [0.4, 0.5) is 5.82 Å². The normalized spacial score (nSPS) is 12.3. The Morgan fingerprint density at radius 2 is 1.89 bits per heavy atom. The first-order valence-corrected chi connectivity index (χ1v) is 6.62. The number of nitrogen functional groups attached to an aromatic ring is 1. The predicted molar refractivity (Wildman–Crippen MR) is 79.3 cm³/mol. The van der Waals surface area contributed by atoms with E-state index in [0.717, 1.165) is 6.42 Å². The fraction of sp³-hybridized carbons (Fsp3) is 0.571. The number of hydrogen-bond acceptors (Lipinski definition) is 3. The van der Waals surface area contributed by atoms with Crippen LogP contribution in [0, 0.1) is 5.41 Å². The molecule has 1 aromatic rings. The van der Waals surface area contributed by atoms with Crippen molar-refractivity contribution in [3.05, 3.63) is 22.8 Å². The van der Waals surface area contributed by atoms with E-state index in [1.165, 1.54) is 12.1 Å². The Kier molecular flexibility index (Phi) is 4.46. The lowest BCUT2D eigenvalue weighted by Crippen LogP contribution is -2.45. The molecular formula is C14H22ClN3O. The zero-order valence-electron chi connectivity index (χ0n) is 12.2. The number of halogens is 1. The summed E-state index contributed by atoms with van der Waals surface area (Å²) in [6.45, 7) is 10.4. The van der Waals surface area contributed by atoms with E-state index >= 15 is 0 Å². The SMILES string of the molecule is CC(C)(C)CC(C)(C)NC(=O)c1cc(N)nc(Cl)c1. The van der Waals surface area contributed by atoms with Gasteiger partial charge >= 0.3 is 0 Å². The van der Waals surface area contributed by atoms with Gasteiger partial charge in [0.2, 0.25) is 0 Å². The Balaban J connectivity index is 2.84. The summed E-state index contributed by atoms with van der Waals surface area (Å²) in [5, 5.41) is 3.22. The smallest absolute Gasteiger partial charge is 0.251 e. The highest BCUT2D eigenvalue weighted by Crippen LogP contribution is 2.27. The summed E-state index contributed by atoms with van der Waals surface area (Å²) in [4.78, 5) is 16.0. The molecule has 1 amide bonds. The Morgan fingerprint density at radius 1 is 1.32 bits per heavy atom. The molecule has 0 aliphatic rings. The average molecular weight is 284 g/mol. The van der Waals surface area contributed by atoms with Gasteiger partial charge in [-0.25, -0.2) is 4.98 Å². The minimum absolute atomic E-state index is 0.131. The van der Waals surface area contributed by atoms with Crippen molar-refractivity contribution >= 4 is 23.3 Å². The quantitative estimate of drug-likeness (QED) is 0.837. The number of anilines is 1. The zero-order chi connectivity index (χ0) is 14.8. The van der Waals surface area contributed by atoms with Gasteiger partial charge in [0.25, 0.3) is 5.91 Å². The van der Waals surface area contributed by atoms with E-state index in [4.69, 9.17) is 17.3 Å². The van der Waals surface area contributed by atoms with Crippen LogP contribution in [0.2, 0.25) is 5.15 Å². The van der Waals surface area contributed by atoms with Crippen LogP contribution < -0.4 is 11.1 Å². The maximum Gasteiger partial charge on any atom is 0.251 e. The molecule has 3 N–H and O–H groups in total. The van der Waals surface area contributed by atoms with Crippen molar-refractivity contribution in [1.82, 2.24) is 10.3 Å². The van der Waals surface area contributed by atoms with Crippen molar-refractivity contribution in [2.24, 2.45) is 5.41 Å². The molecule has 4 nitrogen and oxygen atoms in total. The van der Waals surface area contributed by atoms with Crippen LogP contribution in [-0.4, -0.2) is 16.4 Å². The lowest BCUT2D eigenvalue weighted by atomic mass is 9.81. The molecule has 19 heavy (non-hydrogen) atoms. The van der Waals surface area contributed by atoms with Crippen LogP contribution in [0.3, 0.4) is 0 Å². The van der Waals surface area contributed by atoms with Crippen molar-refractivity contribution in [3.8, 4) is 0 Å². The second-order valence-electron chi connectivity index (χ2n) is 6.68. The molecule has 1 aromatic heterocycles. The fourth-order valence-electron chi connectivity index (χ4n) is 2.40. The molecule has 0 spiro atoms. The highest BCUT2D eigenvalue weighted by Gasteiger charge is 2.27. The molecule has 0 radical (unpaired) electrons. The van der Waals surface area contributed by atoms with Gasteiger partial charge in [0.15, 0.2) is 0 Å². The van der Waals surface area contributed by atoms with E-state index in [9.17, 15) is 4.79 Å². The third-order valence-electron chi connectivity index (χ3n) is 2.50. The molecule has 0 saturated heterocycles. The lowest BCUT2D eigenvalue weighted by Gasteiger charge is -2.33. The summed E-state index contributed by atoms with van der Waals surface area (Å²) in [6, 6.07) is 3.04. The fourth-order valence-corrected chi connectivity index (χ4v) is 2.61. The third kappa shape index (κ3) is 5.47. The van der Waals surface area contributed by atoms with E-state index in [-0.39, 0.29) is 27.8 Å². The van der Waals surface area contributed by atoms with Crippen LogP contribution >= 0.6 is 11.6 Å². The van der Waals surface area contributed by atoms with Crippen molar-refractivity contribution in [2.45, 2.75) is 46.6 Å². The number of nitrogens with one attached hydrogen (secondary N) is 1. The van der Waals surface area contributed by atoms with E-state index in [1.807, 2.05) is 13.8 Å². The molecule has 1 rings (SSSR count). The van der Waals surface area contributed by atoms with Gasteiger partial charge in [-0.2, -0.15) is 0 Å². The van der Waals surface area contributed by atoms with Crippen LogP contribution in [-0.2, 0) is 0 Å². The standard InChI is InChI=1S/C14H22ClN3O/c1-13(2,3)8-14(4,5)18-12(19)9-6-10(15)17-11(16)7-9/h6-7H,8H2,1-5H3,(H2,16,17)(H,18,19). The van der Waals surface area contributed by atoms with Crippen LogP contribution in [0.25, 0.3) is 0 Å². The number of hydrogen-bond donors (Lipinski definition) is 2. The van der Waals surface area contributed by atoms with Gasteiger partial charge in [-0.3, -0.25) is 4.79 Å². The van der Waals surface area contributed by atoms with Crippen LogP contribution in [0.5, 0.6) is 0 Å². The molecule has 0 unspecified atom stereocenters. The van der Waals surface area contributed by atoms with Gasteiger partial charge < -0.3 is 11.1 Å². The summed E-state index contributed by atoms with van der Waals surface area (Å²) >= 11 is 5.80. The molecule has 0 aromatic carbocycles. The zero-order valence-corrected chi connectivity index (χ0v) is 12.9. The predicted octanol–water partition coefficient (Wildman–Crippen LogP) is 3.26. The van der Waals surface area contributed by atoms with Crippen LogP contribution in [0.1, 0.15) is 51.4 Å². The van der Waals surface area contributed by atoms with E-state index in [1.54, 1.807) is 0 Å². The second-order valence-corrected chi connectivity index (χ2v) is 7.07. The monoisotopic (exact) mass is 283 g/mol. The van der Waals surface area contributed by atoms with Crippen molar-refractivity contribution in [2.75, 3.05) is 5.73 Å². The molecule has 0 fully saturated rings. The summed E-state index contributed by atoms with van der Waals surface area (Å²) < 4.78 is 0. The largest absolute Gasteiger partial charge is 0.384 e. The molecule has 1 heterocycles. The number of amides is 1. The summed E-state index contributed by atoms with van der Waals surface area (Å²) in [5.41, 5.74) is 5.84. The molecule has 106 valence electrons. The first kappa shape index (κ1) is 15.8. The summed E-state index contributed by atoms with van der Waals surface area (Å²) in [6.07, 6.45) is 0.861. The highest BCUT2D eigenvalue weighted by molar-refractivity contribution is 6.29. The Morgan fingerprint density at radius 3 is 2.37 bits per heavy atom. The topological polar surface area (TPSA) is 68.0 Å². The molecule has 0 bridgehead atoms. The number of aromatic nitrogens is 1. The Bertz CT molecular complexity index is 458. The van der Waals surface area contributed by atoms with Crippen molar-refractivity contribution < 1.29 is 4.79 Å². The van der Waals surface area contributed by atoms with E-state index in [2.05, 4.69) is 31.1 Å². The van der Waals surface area contributed by atoms with Gasteiger partial charge in [-0.05, 0) is 37.8 Å². The van der Waals surface area contributed by atoms with Gasteiger partial charge in [0, 0.05) is 11.1 Å². The number of carbonyl (C=O) groups is 1. The maximum atomic E-state index is 12.2. The molecular weight excluding hydrogens is 262 g/mol. The van der Waals surface area contributed by atoms with Crippen LogP contribution in [0.15, 0.2) is 12.1 Å². The maximum absolute atomic E-state index is 12.2. The Labute approximate surface area is 119 Å². The molecule has 0 aliphatic heterocycles. The van der Waals surface area contributed by atoms with E-state index < -0.39 is 0 Å². The lowest BCUT2D eigenvalue weighted by molar-refractivity contribution is 0.0891. The van der Waals surface area contributed by atoms with Crippen molar-refractivity contribution in [3.63, 3.8) is 0 Å². The molecule has 5 heteroatoms. The number of nitrogens with zero attached hydrogens (tertiary/aromatic N) is 1. The number of nitrogens with two attached hydrogens (primary N) is 1. The number of rotatable bonds is 3. The van der Waals surface area contributed by atoms with Gasteiger partial charge in [0.1, 0.15) is 11.0 Å². The van der Waals surface area contributed by atoms with Gasteiger partial charge in [-0.1, -0.05) is 32.4 Å². The van der Waals surface area contributed by atoms with Gasteiger partial charge in [-0.15, -0.1) is 0 Å². The first-order valence-electron chi connectivity index (χ1n) is 6.24. The molecule has 0 saturated carbocycles.